The van der Waals surface area contributed by atoms with Crippen LogP contribution in [0.1, 0.15) is 6.42 Å². The average molecular weight is 417 g/mol. The van der Waals surface area contributed by atoms with Crippen LogP contribution in [0.4, 0.5) is 26.3 Å². The van der Waals surface area contributed by atoms with E-state index in [0.29, 0.717) is 0 Å². The Kier molecular flexibility index (Phi) is 13.0. The van der Waals surface area contributed by atoms with Gasteiger partial charge in [0.2, 0.25) is 0 Å². The number of nitrogens with zero attached hydrogens (tertiary/aromatic N) is 3. The van der Waals surface area contributed by atoms with Gasteiger partial charge in [-0.25, -0.2) is 16.8 Å². The number of rotatable bonds is 6. The maximum absolute atomic E-state index is 11.4. The first-order chi connectivity index (χ1) is 10.3. The molecule has 25 heavy (non-hydrogen) atoms. The molecule has 0 fully saturated rings. The number of halogens is 6. The second-order valence-corrected chi connectivity index (χ2v) is 8.30. The second-order valence-electron chi connectivity index (χ2n) is 4.88. The molecule has 0 radical (unpaired) electrons. The molecule has 0 aliphatic heterocycles. The maximum atomic E-state index is 11.4. The molecular formula is C9H18F6LiN3O4S2. The molecule has 16 heteroatoms. The normalized spacial score (nSPS) is 13.3. The van der Waals surface area contributed by atoms with E-state index in [1.54, 1.807) is 0 Å². The Morgan fingerprint density at radius 2 is 0.960 bits per heavy atom. The number of sulfonamides is 2. The van der Waals surface area contributed by atoms with Crippen molar-refractivity contribution in [3.63, 3.8) is 0 Å². The molecule has 0 atom stereocenters. The predicted octanol–water partition coefficient (Wildman–Crippen LogP) is -1.44. The van der Waals surface area contributed by atoms with E-state index in [-0.39, 0.29) is 18.9 Å². The number of hydrogen-bond acceptors (Lipinski definition) is 6. The molecule has 0 rings (SSSR count). The quantitative estimate of drug-likeness (QED) is 0.389. The molecule has 0 bridgehead atoms. The molecule has 148 valence electrons. The van der Waals surface area contributed by atoms with E-state index < -0.39 is 31.1 Å². The second kappa shape index (κ2) is 11.0. The molecule has 0 N–H and O–H groups in total. The smallest absolute Gasteiger partial charge is 0.421 e. The fourth-order valence-corrected chi connectivity index (χ4v) is 2.63. The Labute approximate surface area is 155 Å². The van der Waals surface area contributed by atoms with Gasteiger partial charge in [-0.1, -0.05) is 0 Å². The van der Waals surface area contributed by atoms with E-state index in [2.05, 4.69) is 38.0 Å². The van der Waals surface area contributed by atoms with Crippen LogP contribution in [0, 0.1) is 0 Å². The minimum atomic E-state index is -6.72. The standard InChI is InChI=1S/C7H18N2.C2F6NO4S2.Li/c1-8(2)6-5-7-9(3)4;3-1(4,5)14(10,11)9-15(12,13)2(6,7)8;/h5-7H2,1-4H3;;/q;-1;+1. The van der Waals surface area contributed by atoms with Gasteiger partial charge in [0.1, 0.15) is 0 Å². The van der Waals surface area contributed by atoms with Crippen LogP contribution in [-0.2, 0) is 20.0 Å². The van der Waals surface area contributed by atoms with E-state index >= 15 is 0 Å². The van der Waals surface area contributed by atoms with Gasteiger partial charge >= 0.3 is 29.9 Å². The maximum Gasteiger partial charge on any atom is 1.00 e. The molecule has 0 aromatic carbocycles. The molecule has 0 aliphatic rings. The summed E-state index contributed by atoms with van der Waals surface area (Å²) in [5, 5.41) is 0. The fraction of sp³-hybridized carbons (Fsp3) is 1.00. The van der Waals surface area contributed by atoms with Crippen LogP contribution in [0.15, 0.2) is 0 Å². The molecule has 0 spiro atoms. The molecule has 0 unspecified atom stereocenters. The molecule has 0 aromatic rings. The van der Waals surface area contributed by atoms with E-state index in [1.165, 1.54) is 19.5 Å². The molecule has 0 saturated heterocycles. The summed E-state index contributed by atoms with van der Waals surface area (Å²) in [4.78, 5) is 4.42. The zero-order chi connectivity index (χ0) is 20.0. The minimum absolute atomic E-state index is 0. The van der Waals surface area contributed by atoms with Crippen molar-refractivity contribution in [2.75, 3.05) is 41.3 Å². The zero-order valence-electron chi connectivity index (χ0n) is 14.2. The molecular weight excluding hydrogens is 399 g/mol. The summed E-state index contributed by atoms with van der Waals surface area (Å²) in [7, 11) is -5.02. The van der Waals surface area contributed by atoms with Crippen LogP contribution < -0.4 is 18.9 Å². The van der Waals surface area contributed by atoms with Gasteiger partial charge in [-0.15, -0.1) is 0 Å². The van der Waals surface area contributed by atoms with Crippen molar-refractivity contribution in [3.05, 3.63) is 4.13 Å². The van der Waals surface area contributed by atoms with Crippen molar-refractivity contribution in [1.29, 1.82) is 0 Å². The largest absolute Gasteiger partial charge is 1.00 e. The van der Waals surface area contributed by atoms with Crippen molar-refractivity contribution in [2.24, 2.45) is 0 Å². The van der Waals surface area contributed by atoms with Crippen molar-refractivity contribution in [3.8, 4) is 0 Å². The topological polar surface area (TPSA) is 88.9 Å². The van der Waals surface area contributed by atoms with Gasteiger partial charge < -0.3 is 13.9 Å². The van der Waals surface area contributed by atoms with Crippen LogP contribution >= 0.6 is 0 Å². The molecule has 0 aromatic heterocycles. The third kappa shape index (κ3) is 12.9. The molecule has 0 aliphatic carbocycles. The summed E-state index contributed by atoms with van der Waals surface area (Å²) in [6, 6.07) is 0. The van der Waals surface area contributed by atoms with Gasteiger partial charge in [-0.3, -0.25) is 0 Å². The van der Waals surface area contributed by atoms with Crippen LogP contribution in [0.25, 0.3) is 4.13 Å². The Hall–Kier alpha value is -0.0426. The van der Waals surface area contributed by atoms with Crippen LogP contribution in [0.5, 0.6) is 0 Å². The summed E-state index contributed by atoms with van der Waals surface area (Å²) in [6.07, 6.45) is 1.26. The summed E-state index contributed by atoms with van der Waals surface area (Å²) < 4.78 is 109. The summed E-state index contributed by atoms with van der Waals surface area (Å²) in [5.41, 5.74) is -12.4. The molecule has 7 nitrogen and oxygen atoms in total. The number of hydrogen-bond donors (Lipinski definition) is 0. The van der Waals surface area contributed by atoms with E-state index in [0.717, 1.165) is 4.13 Å². The molecule has 0 heterocycles. The first-order valence-corrected chi connectivity index (χ1v) is 8.88. The number of alkyl halides is 6. The van der Waals surface area contributed by atoms with Crippen molar-refractivity contribution in [2.45, 2.75) is 17.4 Å². The Morgan fingerprint density at radius 1 is 0.720 bits per heavy atom. The van der Waals surface area contributed by atoms with E-state index in [4.69, 9.17) is 0 Å². The first kappa shape index (κ1) is 29.7. The third-order valence-corrected chi connectivity index (χ3v) is 4.73. The van der Waals surface area contributed by atoms with Crippen LogP contribution in [0.3, 0.4) is 0 Å². The SMILES string of the molecule is CN(C)CCCN(C)C.O=S(=O)([N-]S(=O)(=O)C(F)(F)F)C(F)(F)F.[Li+]. The van der Waals surface area contributed by atoms with Gasteiger partial charge in [-0.05, 0) is 47.7 Å². The third-order valence-electron chi connectivity index (χ3n) is 1.99. The summed E-state index contributed by atoms with van der Waals surface area (Å²) >= 11 is 0. The van der Waals surface area contributed by atoms with E-state index in [1.807, 2.05) is 0 Å². The van der Waals surface area contributed by atoms with Gasteiger partial charge in [0.25, 0.3) is 0 Å². The monoisotopic (exact) mass is 417 g/mol. The zero-order valence-corrected chi connectivity index (χ0v) is 15.8. The molecule has 0 amide bonds. The average Bonchev–Trinajstić information content (AvgIpc) is 2.23. The first-order valence-electron chi connectivity index (χ1n) is 6.00. The Balaban J connectivity index is -0.000000418. The molecule has 0 saturated carbocycles. The van der Waals surface area contributed by atoms with Gasteiger partial charge in [0.05, 0.1) is 0 Å². The van der Waals surface area contributed by atoms with Crippen molar-refractivity contribution >= 4 is 20.0 Å². The van der Waals surface area contributed by atoms with E-state index in [9.17, 15) is 43.2 Å². The van der Waals surface area contributed by atoms with Gasteiger partial charge in [-0.2, -0.15) is 26.3 Å². The van der Waals surface area contributed by atoms with Crippen molar-refractivity contribution < 1.29 is 62.0 Å². The Morgan fingerprint density at radius 3 is 1.12 bits per heavy atom. The minimum Gasteiger partial charge on any atom is -0.421 e. The van der Waals surface area contributed by atoms with Crippen LogP contribution in [0.2, 0.25) is 0 Å². The summed E-state index contributed by atoms with van der Waals surface area (Å²) in [6.45, 7) is 2.39. The van der Waals surface area contributed by atoms with Crippen LogP contribution in [-0.4, -0.2) is 78.9 Å². The van der Waals surface area contributed by atoms with Crippen molar-refractivity contribution in [1.82, 2.24) is 9.80 Å². The Bertz CT molecular complexity index is 525. The van der Waals surface area contributed by atoms with Gasteiger partial charge in [0.15, 0.2) is 20.0 Å². The van der Waals surface area contributed by atoms with Gasteiger partial charge in [0, 0.05) is 0 Å². The predicted molar refractivity (Wildman–Crippen MR) is 75.0 cm³/mol. The fourth-order valence-electron chi connectivity index (χ4n) is 0.917. The summed E-state index contributed by atoms with van der Waals surface area (Å²) in [5.74, 6) is 0.